The summed E-state index contributed by atoms with van der Waals surface area (Å²) in [6, 6.07) is 11.7. The van der Waals surface area contributed by atoms with E-state index in [1.165, 1.54) is 23.7 Å². The third-order valence-electron chi connectivity index (χ3n) is 4.36. The maximum atomic E-state index is 13.2. The maximum absolute atomic E-state index is 13.2. The van der Waals surface area contributed by atoms with Crippen LogP contribution in [0.5, 0.6) is 5.75 Å². The minimum Gasteiger partial charge on any atom is -0.497 e. The second kappa shape index (κ2) is 9.74. The van der Waals surface area contributed by atoms with Crippen molar-refractivity contribution in [3.8, 4) is 5.75 Å². The summed E-state index contributed by atoms with van der Waals surface area (Å²) in [6.07, 6.45) is 1.17. The van der Waals surface area contributed by atoms with Crippen LogP contribution in [0.1, 0.15) is 10.4 Å². The van der Waals surface area contributed by atoms with Crippen molar-refractivity contribution < 1.29 is 17.9 Å². The summed E-state index contributed by atoms with van der Waals surface area (Å²) in [5, 5.41) is 0.535. The van der Waals surface area contributed by atoms with Crippen LogP contribution < -0.4 is 9.64 Å². The van der Waals surface area contributed by atoms with Gasteiger partial charge in [0.25, 0.3) is 5.91 Å². The van der Waals surface area contributed by atoms with E-state index in [1.807, 2.05) is 19.0 Å². The lowest BCUT2D eigenvalue weighted by molar-refractivity contribution is 0.0985. The Kier molecular flexibility index (Phi) is 7.81. The number of fused-ring (bicyclic) bond motifs is 1. The Bertz CT molecular complexity index is 1130. The van der Waals surface area contributed by atoms with Gasteiger partial charge in [-0.1, -0.05) is 11.3 Å². The Balaban J connectivity index is 0.00000320. The molecule has 0 aliphatic rings. The number of aromatic nitrogens is 1. The molecule has 0 aliphatic carbocycles. The highest BCUT2D eigenvalue weighted by molar-refractivity contribution is 7.90. The molecule has 0 saturated heterocycles. The van der Waals surface area contributed by atoms with Gasteiger partial charge in [0.2, 0.25) is 0 Å². The quantitative estimate of drug-likeness (QED) is 0.528. The number of hydrogen-bond donors (Lipinski definition) is 0. The number of sulfone groups is 1. The van der Waals surface area contributed by atoms with Gasteiger partial charge in [0.15, 0.2) is 15.0 Å². The van der Waals surface area contributed by atoms with Gasteiger partial charge in [-0.25, -0.2) is 13.4 Å². The minimum atomic E-state index is -3.31. The van der Waals surface area contributed by atoms with Crippen LogP contribution in [0, 0.1) is 0 Å². The second-order valence-electron chi connectivity index (χ2n) is 6.89. The molecule has 0 fully saturated rings. The van der Waals surface area contributed by atoms with Crippen molar-refractivity contribution in [1.29, 1.82) is 0 Å². The maximum Gasteiger partial charge on any atom is 0.260 e. The normalized spacial score (nSPS) is 11.4. The van der Waals surface area contributed by atoms with Crippen molar-refractivity contribution in [1.82, 2.24) is 9.88 Å². The number of likely N-dealkylation sites (N-methyl/N-ethyl adjacent to an activating group) is 1. The zero-order valence-electron chi connectivity index (χ0n) is 17.2. The molecule has 1 heterocycles. The van der Waals surface area contributed by atoms with Crippen molar-refractivity contribution in [3.05, 3.63) is 48.0 Å². The molecule has 0 saturated carbocycles. The van der Waals surface area contributed by atoms with E-state index in [1.54, 1.807) is 48.4 Å². The molecule has 0 unspecified atom stereocenters. The molecule has 1 amide bonds. The molecule has 3 aromatic rings. The monoisotopic (exact) mass is 469 g/mol. The van der Waals surface area contributed by atoms with Crippen LogP contribution in [0.2, 0.25) is 0 Å². The van der Waals surface area contributed by atoms with Gasteiger partial charge in [0.05, 0.1) is 22.2 Å². The molecule has 30 heavy (non-hydrogen) atoms. The summed E-state index contributed by atoms with van der Waals surface area (Å²) in [6.45, 7) is 1.11. The lowest BCUT2D eigenvalue weighted by atomic mass is 10.2. The number of rotatable bonds is 7. The topological polar surface area (TPSA) is 79.8 Å². The van der Waals surface area contributed by atoms with Gasteiger partial charge in [-0.3, -0.25) is 9.69 Å². The van der Waals surface area contributed by atoms with Crippen LogP contribution in [0.4, 0.5) is 5.13 Å². The number of halogens is 1. The predicted octanol–water partition coefficient (Wildman–Crippen LogP) is 3.34. The first-order valence-corrected chi connectivity index (χ1v) is 11.6. The molecule has 0 bridgehead atoms. The number of carbonyl (C=O) groups excluding carboxylic acids is 1. The van der Waals surface area contributed by atoms with Gasteiger partial charge < -0.3 is 9.64 Å². The van der Waals surface area contributed by atoms with Crippen molar-refractivity contribution >= 4 is 54.8 Å². The molecule has 162 valence electrons. The molecule has 1 aromatic heterocycles. The number of amides is 1. The number of benzene rings is 2. The summed E-state index contributed by atoms with van der Waals surface area (Å²) >= 11 is 1.30. The van der Waals surface area contributed by atoms with Crippen LogP contribution in [0.15, 0.2) is 47.4 Å². The van der Waals surface area contributed by atoms with Crippen molar-refractivity contribution in [2.24, 2.45) is 0 Å². The highest BCUT2D eigenvalue weighted by Crippen LogP contribution is 2.31. The van der Waals surface area contributed by atoms with Crippen LogP contribution in [-0.4, -0.2) is 64.8 Å². The molecular weight excluding hydrogens is 446 g/mol. The molecule has 0 aliphatic heterocycles. The fraction of sp³-hybridized carbons (Fsp3) is 0.300. The first-order valence-electron chi connectivity index (χ1n) is 8.90. The zero-order valence-corrected chi connectivity index (χ0v) is 19.6. The summed E-state index contributed by atoms with van der Waals surface area (Å²) in [7, 11) is 2.14. The van der Waals surface area contributed by atoms with Crippen LogP contribution in [0.25, 0.3) is 10.2 Å². The lowest BCUT2D eigenvalue weighted by Crippen LogP contribution is -2.36. The highest BCUT2D eigenvalue weighted by Gasteiger charge is 2.22. The molecule has 0 atom stereocenters. The van der Waals surface area contributed by atoms with Crippen LogP contribution in [0.3, 0.4) is 0 Å². The third kappa shape index (κ3) is 5.48. The Hall–Kier alpha value is -2.20. The van der Waals surface area contributed by atoms with E-state index in [0.29, 0.717) is 35.1 Å². The molecule has 2 aromatic carbocycles. The Morgan fingerprint density at radius 2 is 1.77 bits per heavy atom. The number of carbonyl (C=O) groups is 1. The minimum absolute atomic E-state index is 0. The van der Waals surface area contributed by atoms with E-state index in [0.717, 1.165) is 4.70 Å². The molecule has 0 radical (unpaired) electrons. The summed E-state index contributed by atoms with van der Waals surface area (Å²) in [5.74, 6) is 0.506. The van der Waals surface area contributed by atoms with Gasteiger partial charge in [-0.15, -0.1) is 12.4 Å². The third-order valence-corrected chi connectivity index (χ3v) is 6.51. The number of nitrogens with zero attached hydrogens (tertiary/aromatic N) is 3. The lowest BCUT2D eigenvalue weighted by Gasteiger charge is -2.22. The number of ether oxygens (including phenoxy) is 1. The Morgan fingerprint density at radius 3 is 2.33 bits per heavy atom. The zero-order chi connectivity index (χ0) is 21.2. The average molecular weight is 470 g/mol. The van der Waals surface area contributed by atoms with Gasteiger partial charge >= 0.3 is 0 Å². The SMILES string of the molecule is COc1ccc(C(=O)N(CCN(C)C)c2nc3ccc(S(C)(=O)=O)cc3s2)cc1.Cl. The Morgan fingerprint density at radius 1 is 1.10 bits per heavy atom. The summed E-state index contributed by atoms with van der Waals surface area (Å²) in [5.41, 5.74) is 1.19. The molecule has 7 nitrogen and oxygen atoms in total. The Labute approximate surface area is 186 Å². The number of anilines is 1. The average Bonchev–Trinajstić information content (AvgIpc) is 3.10. The first kappa shape index (κ1) is 24.1. The smallest absolute Gasteiger partial charge is 0.260 e. The summed E-state index contributed by atoms with van der Waals surface area (Å²) < 4.78 is 29.6. The van der Waals surface area contributed by atoms with Gasteiger partial charge in [0.1, 0.15) is 5.75 Å². The van der Waals surface area contributed by atoms with Crippen LogP contribution in [-0.2, 0) is 9.84 Å². The second-order valence-corrected chi connectivity index (χ2v) is 9.91. The van der Waals surface area contributed by atoms with E-state index >= 15 is 0 Å². The van der Waals surface area contributed by atoms with Crippen LogP contribution >= 0.6 is 23.7 Å². The van der Waals surface area contributed by atoms with Crippen molar-refractivity contribution in [2.75, 3.05) is 45.5 Å². The number of methoxy groups -OCH3 is 1. The standard InChI is InChI=1S/C20H23N3O4S2.ClH/c1-22(2)11-12-23(19(24)14-5-7-15(27-3)8-6-14)20-21-17-10-9-16(29(4,25)26)13-18(17)28-20;/h5-10,13H,11-12H2,1-4H3;1H. The van der Waals surface area contributed by atoms with E-state index in [-0.39, 0.29) is 23.2 Å². The van der Waals surface area contributed by atoms with E-state index in [2.05, 4.69) is 4.98 Å². The first-order chi connectivity index (χ1) is 13.7. The fourth-order valence-corrected chi connectivity index (χ4v) is 4.46. The van der Waals surface area contributed by atoms with E-state index in [4.69, 9.17) is 4.74 Å². The highest BCUT2D eigenvalue weighted by atomic mass is 35.5. The number of hydrogen-bond acceptors (Lipinski definition) is 7. The summed E-state index contributed by atoms with van der Waals surface area (Å²) in [4.78, 5) is 21.6. The largest absolute Gasteiger partial charge is 0.497 e. The van der Waals surface area contributed by atoms with Crippen molar-refractivity contribution in [2.45, 2.75) is 4.90 Å². The number of thiazole rings is 1. The van der Waals surface area contributed by atoms with Crippen molar-refractivity contribution in [3.63, 3.8) is 0 Å². The van der Waals surface area contributed by atoms with E-state index in [9.17, 15) is 13.2 Å². The molecule has 3 rings (SSSR count). The molecule has 10 heteroatoms. The predicted molar refractivity (Wildman–Crippen MR) is 123 cm³/mol. The molecule has 0 spiro atoms. The van der Waals surface area contributed by atoms with Gasteiger partial charge in [0, 0.05) is 24.9 Å². The fourth-order valence-electron chi connectivity index (χ4n) is 2.71. The molecule has 0 N–H and O–H groups in total. The van der Waals surface area contributed by atoms with Gasteiger partial charge in [-0.2, -0.15) is 0 Å². The molecular formula is C20H24ClN3O4S2. The van der Waals surface area contributed by atoms with Gasteiger partial charge in [-0.05, 0) is 56.6 Å². The van der Waals surface area contributed by atoms with E-state index < -0.39 is 9.84 Å².